The van der Waals surface area contributed by atoms with Gasteiger partial charge in [-0.05, 0) is 11.6 Å². The molecule has 0 saturated heterocycles. The topological polar surface area (TPSA) is 16.1 Å². The van der Waals surface area contributed by atoms with E-state index in [9.17, 15) is 0 Å². The van der Waals surface area contributed by atoms with E-state index in [1.54, 1.807) is 6.20 Å². The maximum absolute atomic E-state index is 4.32. The van der Waals surface area contributed by atoms with Gasteiger partial charge in [0.15, 0.2) is 0 Å². The fourth-order valence-electron chi connectivity index (χ4n) is 1.54. The molecule has 75 valence electrons. The van der Waals surface area contributed by atoms with Gasteiger partial charge in [-0.1, -0.05) is 30.3 Å². The van der Waals surface area contributed by atoms with Gasteiger partial charge in [0.2, 0.25) is 0 Å². The lowest BCUT2D eigenvalue weighted by atomic mass is 10.1. The first-order chi connectivity index (χ1) is 7.29. The minimum Gasteiger partial charge on any atom is -0.362 e. The fourth-order valence-corrected chi connectivity index (χ4v) is 1.54. The number of rotatable bonds is 2. The first-order valence-electron chi connectivity index (χ1n) is 4.88. The van der Waals surface area contributed by atoms with Crippen molar-refractivity contribution < 1.29 is 0 Å². The van der Waals surface area contributed by atoms with Gasteiger partial charge in [0, 0.05) is 31.9 Å². The van der Waals surface area contributed by atoms with E-state index in [0.29, 0.717) is 0 Å². The number of hydrogen-bond donors (Lipinski definition) is 0. The van der Waals surface area contributed by atoms with Crippen LogP contribution in [0.3, 0.4) is 0 Å². The van der Waals surface area contributed by atoms with E-state index < -0.39 is 0 Å². The molecule has 2 rings (SSSR count). The Balaban J connectivity index is 2.53. The fraction of sp³-hybridized carbons (Fsp3) is 0.154. The van der Waals surface area contributed by atoms with Crippen molar-refractivity contribution >= 4 is 5.82 Å². The summed E-state index contributed by atoms with van der Waals surface area (Å²) in [6.45, 7) is 0. The minimum atomic E-state index is 0.972. The van der Waals surface area contributed by atoms with Gasteiger partial charge in [-0.2, -0.15) is 0 Å². The van der Waals surface area contributed by atoms with Crippen molar-refractivity contribution in [3.8, 4) is 11.1 Å². The Bertz CT molecular complexity index is 435. The van der Waals surface area contributed by atoms with Crippen molar-refractivity contribution in [1.82, 2.24) is 4.98 Å². The lowest BCUT2D eigenvalue weighted by Crippen LogP contribution is -2.11. The van der Waals surface area contributed by atoms with Crippen LogP contribution in [0, 0.1) is 6.07 Å². The van der Waals surface area contributed by atoms with Crippen molar-refractivity contribution in [3.63, 3.8) is 0 Å². The minimum absolute atomic E-state index is 0.972. The van der Waals surface area contributed by atoms with E-state index in [2.05, 4.69) is 23.2 Å². The predicted molar refractivity (Wildman–Crippen MR) is 62.8 cm³/mol. The van der Waals surface area contributed by atoms with Crippen LogP contribution in [0.2, 0.25) is 0 Å². The summed E-state index contributed by atoms with van der Waals surface area (Å²) >= 11 is 0. The highest BCUT2D eigenvalue weighted by molar-refractivity contribution is 5.75. The number of anilines is 1. The van der Waals surface area contributed by atoms with E-state index in [4.69, 9.17) is 0 Å². The second-order valence-electron chi connectivity index (χ2n) is 3.57. The van der Waals surface area contributed by atoms with Gasteiger partial charge in [-0.15, -0.1) is 0 Å². The molecule has 0 saturated carbocycles. The molecule has 0 amide bonds. The summed E-state index contributed by atoms with van der Waals surface area (Å²) in [6, 6.07) is 15.2. The van der Waals surface area contributed by atoms with Crippen LogP contribution >= 0.6 is 0 Å². The van der Waals surface area contributed by atoms with E-state index in [1.165, 1.54) is 5.56 Å². The smallest absolute Gasteiger partial charge is 0.135 e. The molecule has 15 heavy (non-hydrogen) atoms. The molecule has 0 unspecified atom stereocenters. The SMILES string of the molecule is CN(C)c1nc[c]cc1-c1ccccc1. The average molecular weight is 197 g/mol. The quantitative estimate of drug-likeness (QED) is 0.735. The Kier molecular flexibility index (Phi) is 2.68. The maximum atomic E-state index is 4.32. The summed E-state index contributed by atoms with van der Waals surface area (Å²) < 4.78 is 0. The summed E-state index contributed by atoms with van der Waals surface area (Å²) in [5.74, 6) is 0.972. The predicted octanol–water partition coefficient (Wildman–Crippen LogP) is 2.61. The molecule has 0 aliphatic carbocycles. The molecule has 1 aromatic carbocycles. The van der Waals surface area contributed by atoms with E-state index in [-0.39, 0.29) is 0 Å². The summed E-state index contributed by atoms with van der Waals surface area (Å²) in [6.07, 6.45) is 1.70. The Morgan fingerprint density at radius 1 is 1.13 bits per heavy atom. The largest absolute Gasteiger partial charge is 0.362 e. The summed E-state index contributed by atoms with van der Waals surface area (Å²) in [7, 11) is 3.99. The Morgan fingerprint density at radius 2 is 1.87 bits per heavy atom. The molecule has 0 spiro atoms. The molecule has 0 aliphatic heterocycles. The van der Waals surface area contributed by atoms with Gasteiger partial charge in [-0.25, -0.2) is 4.98 Å². The lowest BCUT2D eigenvalue weighted by molar-refractivity contribution is 1.07. The molecule has 0 N–H and O–H groups in total. The molecule has 0 atom stereocenters. The second-order valence-corrected chi connectivity index (χ2v) is 3.57. The number of aromatic nitrogens is 1. The van der Waals surface area contributed by atoms with Crippen molar-refractivity contribution in [2.24, 2.45) is 0 Å². The van der Waals surface area contributed by atoms with Crippen molar-refractivity contribution in [2.75, 3.05) is 19.0 Å². The van der Waals surface area contributed by atoms with E-state index >= 15 is 0 Å². The zero-order valence-corrected chi connectivity index (χ0v) is 8.94. The Labute approximate surface area is 90.2 Å². The van der Waals surface area contributed by atoms with Crippen LogP contribution in [0.15, 0.2) is 42.6 Å². The third kappa shape index (κ3) is 1.99. The monoisotopic (exact) mass is 197 g/mol. The molecule has 1 aromatic heterocycles. The van der Waals surface area contributed by atoms with Gasteiger partial charge in [0.1, 0.15) is 5.82 Å². The highest BCUT2D eigenvalue weighted by Crippen LogP contribution is 2.26. The molecule has 1 radical (unpaired) electrons. The van der Waals surface area contributed by atoms with E-state index in [0.717, 1.165) is 11.4 Å². The molecule has 2 nitrogen and oxygen atoms in total. The first-order valence-corrected chi connectivity index (χ1v) is 4.88. The highest BCUT2D eigenvalue weighted by atomic mass is 15.1. The van der Waals surface area contributed by atoms with E-state index in [1.807, 2.05) is 43.3 Å². The maximum Gasteiger partial charge on any atom is 0.135 e. The Hall–Kier alpha value is -1.83. The van der Waals surface area contributed by atoms with Crippen LogP contribution in [-0.4, -0.2) is 19.1 Å². The first kappa shape index (κ1) is 9.71. The summed E-state index contributed by atoms with van der Waals surface area (Å²) in [4.78, 5) is 6.34. The number of pyridine rings is 1. The second kappa shape index (κ2) is 4.13. The van der Waals surface area contributed by atoms with Crippen LogP contribution in [-0.2, 0) is 0 Å². The zero-order valence-electron chi connectivity index (χ0n) is 8.94. The highest BCUT2D eigenvalue weighted by Gasteiger charge is 2.06. The molecule has 0 bridgehead atoms. The van der Waals surface area contributed by atoms with Crippen LogP contribution in [0.1, 0.15) is 0 Å². The molecular formula is C13H13N2. The molecule has 0 fully saturated rings. The molecular weight excluding hydrogens is 184 g/mol. The molecule has 2 aromatic rings. The number of hydrogen-bond acceptors (Lipinski definition) is 2. The van der Waals surface area contributed by atoms with Crippen molar-refractivity contribution in [3.05, 3.63) is 48.7 Å². The van der Waals surface area contributed by atoms with Crippen LogP contribution in [0.4, 0.5) is 5.82 Å². The average Bonchev–Trinajstić information content (AvgIpc) is 2.30. The molecule has 1 heterocycles. The van der Waals surface area contributed by atoms with Gasteiger partial charge < -0.3 is 4.90 Å². The summed E-state index contributed by atoms with van der Waals surface area (Å²) in [5, 5.41) is 0. The third-order valence-corrected chi connectivity index (χ3v) is 2.24. The van der Waals surface area contributed by atoms with Crippen molar-refractivity contribution in [1.29, 1.82) is 0 Å². The Morgan fingerprint density at radius 3 is 2.53 bits per heavy atom. The lowest BCUT2D eigenvalue weighted by Gasteiger charge is -2.15. The van der Waals surface area contributed by atoms with Gasteiger partial charge >= 0.3 is 0 Å². The van der Waals surface area contributed by atoms with Crippen LogP contribution in [0.5, 0.6) is 0 Å². The number of nitrogens with zero attached hydrogens (tertiary/aromatic N) is 2. The van der Waals surface area contributed by atoms with Gasteiger partial charge in [0.05, 0.1) is 0 Å². The standard InChI is InChI=1S/C13H13N2/c1-15(2)13-12(9-6-10-14-13)11-7-4-3-5-8-11/h3-5,7-10H,1-2H3. The van der Waals surface area contributed by atoms with Crippen LogP contribution < -0.4 is 4.90 Å². The zero-order chi connectivity index (χ0) is 10.7. The van der Waals surface area contributed by atoms with Crippen LogP contribution in [0.25, 0.3) is 11.1 Å². The van der Waals surface area contributed by atoms with Gasteiger partial charge in [0.25, 0.3) is 0 Å². The third-order valence-electron chi connectivity index (χ3n) is 2.24. The molecule has 2 heteroatoms. The number of benzene rings is 1. The van der Waals surface area contributed by atoms with Gasteiger partial charge in [-0.3, -0.25) is 0 Å². The summed E-state index contributed by atoms with van der Waals surface area (Å²) in [5.41, 5.74) is 2.29. The van der Waals surface area contributed by atoms with Crippen molar-refractivity contribution in [2.45, 2.75) is 0 Å². The normalized spacial score (nSPS) is 10.0. The molecule has 0 aliphatic rings.